The standard InChI is InChI=1S/C12H22O2/c1-6-9(4)11(8-3)14-12(13)10(5)7-2/h9,11H,5-8H2,1-4H3. The molecule has 0 spiro atoms. The van der Waals surface area contributed by atoms with Gasteiger partial charge in [-0.05, 0) is 18.8 Å². The van der Waals surface area contributed by atoms with Crippen LogP contribution in [0.2, 0.25) is 0 Å². The Bertz CT molecular complexity index is 196. The van der Waals surface area contributed by atoms with Crippen LogP contribution >= 0.6 is 0 Å². The predicted octanol–water partition coefficient (Wildman–Crippen LogP) is 3.32. The molecule has 0 aromatic heterocycles. The Morgan fingerprint density at radius 3 is 2.21 bits per heavy atom. The van der Waals surface area contributed by atoms with Crippen molar-refractivity contribution >= 4 is 5.97 Å². The molecule has 0 aliphatic heterocycles. The first kappa shape index (κ1) is 13.2. The smallest absolute Gasteiger partial charge is 0.333 e. The van der Waals surface area contributed by atoms with Gasteiger partial charge in [0.25, 0.3) is 0 Å². The fourth-order valence-corrected chi connectivity index (χ4v) is 1.23. The van der Waals surface area contributed by atoms with E-state index in [1.54, 1.807) is 0 Å². The number of hydrogen-bond acceptors (Lipinski definition) is 2. The first-order valence-electron chi connectivity index (χ1n) is 5.45. The molecule has 0 saturated carbocycles. The van der Waals surface area contributed by atoms with Crippen molar-refractivity contribution in [1.29, 1.82) is 0 Å². The molecule has 2 atom stereocenters. The van der Waals surface area contributed by atoms with Crippen molar-refractivity contribution in [1.82, 2.24) is 0 Å². The molecule has 0 heterocycles. The van der Waals surface area contributed by atoms with E-state index in [1.165, 1.54) is 0 Å². The van der Waals surface area contributed by atoms with Crippen LogP contribution in [0.3, 0.4) is 0 Å². The van der Waals surface area contributed by atoms with Gasteiger partial charge < -0.3 is 4.74 Å². The Kier molecular flexibility index (Phi) is 6.26. The van der Waals surface area contributed by atoms with E-state index in [1.807, 2.05) is 13.8 Å². The maximum Gasteiger partial charge on any atom is 0.333 e. The van der Waals surface area contributed by atoms with Crippen molar-refractivity contribution in [3.05, 3.63) is 12.2 Å². The Morgan fingerprint density at radius 2 is 1.86 bits per heavy atom. The summed E-state index contributed by atoms with van der Waals surface area (Å²) < 4.78 is 5.37. The van der Waals surface area contributed by atoms with Crippen LogP contribution in [0, 0.1) is 5.92 Å². The van der Waals surface area contributed by atoms with Gasteiger partial charge in [0.15, 0.2) is 0 Å². The highest BCUT2D eigenvalue weighted by molar-refractivity contribution is 5.87. The van der Waals surface area contributed by atoms with E-state index < -0.39 is 0 Å². The first-order valence-corrected chi connectivity index (χ1v) is 5.45. The van der Waals surface area contributed by atoms with Crippen LogP contribution in [0.4, 0.5) is 0 Å². The summed E-state index contributed by atoms with van der Waals surface area (Å²) in [5, 5.41) is 0. The zero-order chi connectivity index (χ0) is 11.1. The molecule has 0 aromatic rings. The maximum atomic E-state index is 11.4. The normalized spacial score (nSPS) is 14.6. The molecular weight excluding hydrogens is 176 g/mol. The third-order valence-corrected chi connectivity index (χ3v) is 2.65. The zero-order valence-electron chi connectivity index (χ0n) is 9.80. The summed E-state index contributed by atoms with van der Waals surface area (Å²) in [6.45, 7) is 11.8. The molecule has 0 saturated heterocycles. The number of esters is 1. The number of carbonyl (C=O) groups is 1. The van der Waals surface area contributed by atoms with E-state index in [-0.39, 0.29) is 12.1 Å². The van der Waals surface area contributed by atoms with Crippen molar-refractivity contribution in [2.45, 2.75) is 53.1 Å². The summed E-state index contributed by atoms with van der Waals surface area (Å²) in [6.07, 6.45) is 2.61. The lowest BCUT2D eigenvalue weighted by Gasteiger charge is -2.22. The Balaban J connectivity index is 4.18. The topological polar surface area (TPSA) is 26.3 Å². The lowest BCUT2D eigenvalue weighted by molar-refractivity contribution is -0.147. The second kappa shape index (κ2) is 6.63. The summed E-state index contributed by atoms with van der Waals surface area (Å²) in [7, 11) is 0. The summed E-state index contributed by atoms with van der Waals surface area (Å²) >= 11 is 0. The molecule has 2 nitrogen and oxygen atoms in total. The minimum atomic E-state index is -0.236. The second-order valence-corrected chi connectivity index (χ2v) is 3.69. The molecule has 0 fully saturated rings. The summed E-state index contributed by atoms with van der Waals surface area (Å²) in [6, 6.07) is 0. The summed E-state index contributed by atoms with van der Waals surface area (Å²) in [4.78, 5) is 11.4. The van der Waals surface area contributed by atoms with Gasteiger partial charge in [0.2, 0.25) is 0 Å². The predicted molar refractivity (Wildman–Crippen MR) is 59.1 cm³/mol. The molecule has 0 aliphatic rings. The molecule has 0 aliphatic carbocycles. The first-order chi connectivity index (χ1) is 6.56. The van der Waals surface area contributed by atoms with Gasteiger partial charge in [-0.3, -0.25) is 0 Å². The van der Waals surface area contributed by atoms with Gasteiger partial charge in [-0.2, -0.15) is 0 Å². The fraction of sp³-hybridized carbons (Fsp3) is 0.750. The lowest BCUT2D eigenvalue weighted by Crippen LogP contribution is -2.24. The maximum absolute atomic E-state index is 11.4. The highest BCUT2D eigenvalue weighted by Gasteiger charge is 2.19. The zero-order valence-corrected chi connectivity index (χ0v) is 9.80. The van der Waals surface area contributed by atoms with Gasteiger partial charge in [0, 0.05) is 5.57 Å². The van der Waals surface area contributed by atoms with E-state index in [0.717, 1.165) is 12.8 Å². The van der Waals surface area contributed by atoms with Crippen LogP contribution in [0.25, 0.3) is 0 Å². The van der Waals surface area contributed by atoms with E-state index in [0.29, 0.717) is 17.9 Å². The molecular formula is C12H22O2. The molecule has 14 heavy (non-hydrogen) atoms. The summed E-state index contributed by atoms with van der Waals surface area (Å²) in [5.74, 6) is 0.188. The van der Waals surface area contributed by atoms with Crippen LogP contribution in [0.15, 0.2) is 12.2 Å². The van der Waals surface area contributed by atoms with Crippen LogP contribution in [-0.2, 0) is 9.53 Å². The van der Waals surface area contributed by atoms with Crippen LogP contribution < -0.4 is 0 Å². The van der Waals surface area contributed by atoms with Gasteiger partial charge in [-0.1, -0.05) is 40.7 Å². The van der Waals surface area contributed by atoms with Crippen LogP contribution in [-0.4, -0.2) is 12.1 Å². The van der Waals surface area contributed by atoms with Gasteiger partial charge in [-0.25, -0.2) is 4.79 Å². The molecule has 0 bridgehead atoms. The molecule has 0 amide bonds. The third kappa shape index (κ3) is 3.95. The summed E-state index contributed by atoms with van der Waals surface area (Å²) in [5.41, 5.74) is 0.562. The molecule has 2 heteroatoms. The highest BCUT2D eigenvalue weighted by atomic mass is 16.5. The van der Waals surface area contributed by atoms with E-state index in [9.17, 15) is 4.79 Å². The Labute approximate surface area is 87.3 Å². The van der Waals surface area contributed by atoms with E-state index >= 15 is 0 Å². The highest BCUT2D eigenvalue weighted by Crippen LogP contribution is 2.16. The Hall–Kier alpha value is -0.790. The number of carbonyl (C=O) groups excluding carboxylic acids is 1. The van der Waals surface area contributed by atoms with Gasteiger partial charge in [0.1, 0.15) is 6.10 Å². The molecule has 0 aromatic carbocycles. The van der Waals surface area contributed by atoms with Crippen molar-refractivity contribution in [2.75, 3.05) is 0 Å². The SMILES string of the molecule is C=C(CC)C(=O)OC(CC)C(C)CC. The van der Waals surface area contributed by atoms with E-state index in [2.05, 4.69) is 20.4 Å². The quantitative estimate of drug-likeness (QED) is 0.483. The van der Waals surface area contributed by atoms with Gasteiger partial charge in [-0.15, -0.1) is 0 Å². The van der Waals surface area contributed by atoms with E-state index in [4.69, 9.17) is 4.74 Å². The average molecular weight is 198 g/mol. The number of hydrogen-bond donors (Lipinski definition) is 0. The van der Waals surface area contributed by atoms with Crippen molar-refractivity contribution < 1.29 is 9.53 Å². The fourth-order valence-electron chi connectivity index (χ4n) is 1.23. The van der Waals surface area contributed by atoms with Gasteiger partial charge >= 0.3 is 5.97 Å². The second-order valence-electron chi connectivity index (χ2n) is 3.69. The largest absolute Gasteiger partial charge is 0.459 e. The molecule has 0 N–H and O–H groups in total. The number of rotatable bonds is 6. The van der Waals surface area contributed by atoms with Gasteiger partial charge in [0.05, 0.1) is 0 Å². The average Bonchev–Trinajstić information content (AvgIpc) is 2.22. The van der Waals surface area contributed by atoms with Crippen LogP contribution in [0.5, 0.6) is 0 Å². The van der Waals surface area contributed by atoms with Crippen molar-refractivity contribution in [2.24, 2.45) is 5.92 Å². The van der Waals surface area contributed by atoms with Crippen LogP contribution in [0.1, 0.15) is 47.0 Å². The third-order valence-electron chi connectivity index (χ3n) is 2.65. The minimum Gasteiger partial charge on any atom is -0.459 e. The monoisotopic (exact) mass is 198 g/mol. The molecule has 0 radical (unpaired) electrons. The lowest BCUT2D eigenvalue weighted by atomic mass is 10.00. The molecule has 82 valence electrons. The number of ether oxygens (including phenoxy) is 1. The molecule has 0 rings (SSSR count). The van der Waals surface area contributed by atoms with Crippen molar-refractivity contribution in [3.63, 3.8) is 0 Å². The van der Waals surface area contributed by atoms with Crippen molar-refractivity contribution in [3.8, 4) is 0 Å². The molecule has 2 unspecified atom stereocenters. The minimum absolute atomic E-state index is 0.0378. The Morgan fingerprint density at radius 1 is 1.29 bits per heavy atom.